The number of para-hydroxylation sites is 1. The van der Waals surface area contributed by atoms with Crippen molar-refractivity contribution in [2.24, 2.45) is 17.6 Å². The highest BCUT2D eigenvalue weighted by Gasteiger charge is 2.37. The summed E-state index contributed by atoms with van der Waals surface area (Å²) in [6.45, 7) is 5.77. The lowest BCUT2D eigenvalue weighted by Crippen LogP contribution is -2.42. The fourth-order valence-corrected chi connectivity index (χ4v) is 3.40. The van der Waals surface area contributed by atoms with Crippen molar-refractivity contribution in [3.8, 4) is 5.75 Å². The second-order valence-corrected chi connectivity index (χ2v) is 6.59. The second-order valence-electron chi connectivity index (χ2n) is 6.59. The Hall–Kier alpha value is -1.06. The van der Waals surface area contributed by atoms with E-state index in [1.165, 1.54) is 12.8 Å². The van der Waals surface area contributed by atoms with E-state index in [9.17, 15) is 0 Å². The summed E-state index contributed by atoms with van der Waals surface area (Å²) in [6.07, 6.45) is 4.59. The van der Waals surface area contributed by atoms with E-state index in [2.05, 4.69) is 26.0 Å². The molecule has 2 unspecified atom stereocenters. The number of ether oxygens (including phenoxy) is 2. The Morgan fingerprint density at radius 1 is 1.29 bits per heavy atom. The first-order valence-corrected chi connectivity index (χ1v) is 8.07. The Morgan fingerprint density at radius 3 is 2.76 bits per heavy atom. The summed E-state index contributed by atoms with van der Waals surface area (Å²) in [5.41, 5.74) is 7.71. The van der Waals surface area contributed by atoms with E-state index in [-0.39, 0.29) is 5.54 Å². The maximum atomic E-state index is 6.80. The highest BCUT2D eigenvalue weighted by Crippen LogP contribution is 2.43. The predicted octanol–water partition coefficient (Wildman–Crippen LogP) is 3.71. The van der Waals surface area contributed by atoms with E-state index in [1.54, 1.807) is 7.11 Å². The van der Waals surface area contributed by atoms with E-state index in [0.717, 1.165) is 24.2 Å². The van der Waals surface area contributed by atoms with E-state index in [0.29, 0.717) is 25.0 Å². The number of hydrogen-bond acceptors (Lipinski definition) is 3. The minimum absolute atomic E-state index is 0.253. The molecule has 0 saturated heterocycles. The number of benzene rings is 1. The molecule has 1 aliphatic rings. The second kappa shape index (κ2) is 7.28. The van der Waals surface area contributed by atoms with Crippen LogP contribution in [0.2, 0.25) is 0 Å². The van der Waals surface area contributed by atoms with Crippen LogP contribution < -0.4 is 10.5 Å². The summed E-state index contributed by atoms with van der Waals surface area (Å²) in [5.74, 6) is 2.31. The molecule has 3 heteroatoms. The Labute approximate surface area is 128 Å². The molecule has 1 aliphatic carbocycles. The van der Waals surface area contributed by atoms with Gasteiger partial charge in [-0.3, -0.25) is 0 Å². The summed E-state index contributed by atoms with van der Waals surface area (Å²) < 4.78 is 11.0. The van der Waals surface area contributed by atoms with Crippen molar-refractivity contribution in [3.05, 3.63) is 29.8 Å². The van der Waals surface area contributed by atoms with E-state index >= 15 is 0 Å². The minimum Gasteiger partial charge on any atom is -0.491 e. The third-order valence-electron chi connectivity index (χ3n) is 4.74. The lowest BCUT2D eigenvalue weighted by Gasteiger charge is -2.40. The van der Waals surface area contributed by atoms with Crippen LogP contribution in [0.4, 0.5) is 0 Å². The molecule has 0 spiro atoms. The van der Waals surface area contributed by atoms with Gasteiger partial charge in [0.25, 0.3) is 0 Å². The fourth-order valence-electron chi connectivity index (χ4n) is 3.40. The third-order valence-corrected chi connectivity index (χ3v) is 4.74. The van der Waals surface area contributed by atoms with Gasteiger partial charge in [0.2, 0.25) is 0 Å². The fraction of sp³-hybridized carbons (Fsp3) is 0.667. The van der Waals surface area contributed by atoms with Gasteiger partial charge in [-0.25, -0.2) is 0 Å². The molecule has 2 rings (SSSR count). The van der Waals surface area contributed by atoms with Crippen LogP contribution in [0.1, 0.15) is 45.1 Å². The van der Waals surface area contributed by atoms with E-state index in [4.69, 9.17) is 15.2 Å². The molecule has 1 aromatic rings. The molecule has 2 N–H and O–H groups in total. The molecule has 1 fully saturated rings. The molecular weight excluding hydrogens is 262 g/mol. The molecule has 118 valence electrons. The van der Waals surface area contributed by atoms with Crippen LogP contribution in [0.5, 0.6) is 5.75 Å². The monoisotopic (exact) mass is 291 g/mol. The number of hydrogen-bond donors (Lipinski definition) is 1. The van der Waals surface area contributed by atoms with Crippen molar-refractivity contribution in [3.63, 3.8) is 0 Å². The summed E-state index contributed by atoms with van der Waals surface area (Å²) in [4.78, 5) is 0. The van der Waals surface area contributed by atoms with Crippen molar-refractivity contribution in [2.75, 3.05) is 20.3 Å². The van der Waals surface area contributed by atoms with Crippen LogP contribution in [0, 0.1) is 11.8 Å². The highest BCUT2D eigenvalue weighted by molar-refractivity contribution is 5.39. The molecule has 0 amide bonds. The van der Waals surface area contributed by atoms with E-state index in [1.807, 2.05) is 12.1 Å². The molecule has 2 atom stereocenters. The smallest absolute Gasteiger partial charge is 0.124 e. The average Bonchev–Trinajstić information content (AvgIpc) is 2.48. The van der Waals surface area contributed by atoms with Gasteiger partial charge in [0, 0.05) is 18.2 Å². The molecule has 21 heavy (non-hydrogen) atoms. The Balaban J connectivity index is 2.19. The van der Waals surface area contributed by atoms with Gasteiger partial charge in [-0.05, 0) is 30.7 Å². The molecule has 0 radical (unpaired) electrons. The summed E-state index contributed by atoms with van der Waals surface area (Å²) >= 11 is 0. The first-order valence-electron chi connectivity index (χ1n) is 8.07. The quantitative estimate of drug-likeness (QED) is 0.813. The molecule has 0 aromatic heterocycles. The molecule has 1 aromatic carbocycles. The van der Waals surface area contributed by atoms with Gasteiger partial charge >= 0.3 is 0 Å². The maximum absolute atomic E-state index is 6.80. The van der Waals surface area contributed by atoms with Crippen LogP contribution in [0.15, 0.2) is 24.3 Å². The van der Waals surface area contributed by atoms with Gasteiger partial charge < -0.3 is 15.2 Å². The van der Waals surface area contributed by atoms with Gasteiger partial charge in [0.05, 0.1) is 6.61 Å². The lowest BCUT2D eigenvalue weighted by atomic mass is 9.69. The van der Waals surface area contributed by atoms with Crippen molar-refractivity contribution >= 4 is 0 Å². The standard InChI is InChI=1S/C18H29NO2/c1-14(2)15-7-6-10-18(19,13-15)16-8-4-5-9-17(16)21-12-11-20-3/h4-5,8-9,14-15H,6-7,10-13,19H2,1-3H3. The maximum Gasteiger partial charge on any atom is 0.124 e. The average molecular weight is 291 g/mol. The summed E-state index contributed by atoms with van der Waals surface area (Å²) in [5, 5.41) is 0. The topological polar surface area (TPSA) is 44.5 Å². The third kappa shape index (κ3) is 3.98. The Bertz CT molecular complexity index is 447. The normalized spacial score (nSPS) is 26.0. The zero-order chi connectivity index (χ0) is 15.3. The van der Waals surface area contributed by atoms with Crippen molar-refractivity contribution < 1.29 is 9.47 Å². The molecule has 0 bridgehead atoms. The summed E-state index contributed by atoms with van der Waals surface area (Å²) in [6, 6.07) is 8.23. The molecule has 3 nitrogen and oxygen atoms in total. The van der Waals surface area contributed by atoms with Crippen LogP contribution in [-0.2, 0) is 10.3 Å². The summed E-state index contributed by atoms with van der Waals surface area (Å²) in [7, 11) is 1.69. The SMILES string of the molecule is COCCOc1ccccc1C1(N)CCCC(C(C)C)C1. The van der Waals surface area contributed by atoms with Crippen molar-refractivity contribution in [2.45, 2.75) is 45.1 Å². The zero-order valence-electron chi connectivity index (χ0n) is 13.6. The van der Waals surface area contributed by atoms with Gasteiger partial charge in [-0.2, -0.15) is 0 Å². The van der Waals surface area contributed by atoms with Gasteiger partial charge in [0.15, 0.2) is 0 Å². The highest BCUT2D eigenvalue weighted by atomic mass is 16.5. The molecular formula is C18H29NO2. The molecule has 1 saturated carbocycles. The van der Waals surface area contributed by atoms with Crippen molar-refractivity contribution in [1.29, 1.82) is 0 Å². The lowest BCUT2D eigenvalue weighted by molar-refractivity contribution is 0.140. The van der Waals surface area contributed by atoms with Crippen LogP contribution in [0.25, 0.3) is 0 Å². The number of methoxy groups -OCH3 is 1. The van der Waals surface area contributed by atoms with Crippen LogP contribution in [0.3, 0.4) is 0 Å². The molecule has 0 aliphatic heterocycles. The largest absolute Gasteiger partial charge is 0.491 e. The Morgan fingerprint density at radius 2 is 2.05 bits per heavy atom. The first kappa shape index (κ1) is 16.3. The minimum atomic E-state index is -0.253. The number of nitrogens with two attached hydrogens (primary N) is 1. The Kier molecular flexibility index (Phi) is 5.65. The van der Waals surface area contributed by atoms with Gasteiger partial charge in [-0.15, -0.1) is 0 Å². The van der Waals surface area contributed by atoms with Gasteiger partial charge in [-0.1, -0.05) is 44.9 Å². The van der Waals surface area contributed by atoms with Crippen LogP contribution >= 0.6 is 0 Å². The number of rotatable bonds is 6. The molecule has 0 heterocycles. The zero-order valence-corrected chi connectivity index (χ0v) is 13.6. The first-order chi connectivity index (χ1) is 10.1. The van der Waals surface area contributed by atoms with Crippen molar-refractivity contribution in [1.82, 2.24) is 0 Å². The van der Waals surface area contributed by atoms with E-state index < -0.39 is 0 Å². The van der Waals surface area contributed by atoms with Crippen LogP contribution in [-0.4, -0.2) is 20.3 Å². The predicted molar refractivity (Wildman–Crippen MR) is 86.5 cm³/mol. The van der Waals surface area contributed by atoms with Gasteiger partial charge in [0.1, 0.15) is 12.4 Å².